The van der Waals surface area contributed by atoms with E-state index in [-0.39, 0.29) is 12.5 Å². The van der Waals surface area contributed by atoms with Gasteiger partial charge in [0.2, 0.25) is 0 Å². The fraction of sp³-hybridized carbons (Fsp3) is 0.435. The second-order valence-corrected chi connectivity index (χ2v) is 7.06. The monoisotopic (exact) mass is 383 g/mol. The Hall–Kier alpha value is -2.69. The standard InChI is InChI=1S/C23H29NO4/c1-5-26-21-12-18-9-10-24(14-19(18)13-22(21)27-6-2)23(25)15-28-20-11-16(3)7-8-17(20)4/h7-8,11-13H,5-6,9-10,14-15H2,1-4H3. The molecular formula is C23H29NO4. The summed E-state index contributed by atoms with van der Waals surface area (Å²) in [5, 5.41) is 0. The molecule has 3 rings (SSSR count). The van der Waals surface area contributed by atoms with E-state index in [1.54, 1.807) is 0 Å². The molecule has 0 saturated carbocycles. The molecule has 0 saturated heterocycles. The van der Waals surface area contributed by atoms with Crippen LogP contribution >= 0.6 is 0 Å². The normalized spacial score (nSPS) is 13.1. The lowest BCUT2D eigenvalue weighted by molar-refractivity contribution is -0.134. The van der Waals surface area contributed by atoms with E-state index >= 15 is 0 Å². The highest BCUT2D eigenvalue weighted by atomic mass is 16.5. The zero-order chi connectivity index (χ0) is 20.1. The van der Waals surface area contributed by atoms with Crippen LogP contribution in [0.4, 0.5) is 0 Å². The van der Waals surface area contributed by atoms with Crippen LogP contribution in [0.5, 0.6) is 17.2 Å². The predicted molar refractivity (Wildman–Crippen MR) is 109 cm³/mol. The van der Waals surface area contributed by atoms with E-state index in [2.05, 4.69) is 6.07 Å². The van der Waals surface area contributed by atoms with Crippen LogP contribution in [-0.4, -0.2) is 37.2 Å². The van der Waals surface area contributed by atoms with Gasteiger partial charge in [0.05, 0.1) is 13.2 Å². The Morgan fingerprint density at radius 1 is 0.929 bits per heavy atom. The van der Waals surface area contributed by atoms with Crippen LogP contribution in [-0.2, 0) is 17.8 Å². The van der Waals surface area contributed by atoms with Gasteiger partial charge in [-0.25, -0.2) is 0 Å². The van der Waals surface area contributed by atoms with Crippen molar-refractivity contribution in [2.24, 2.45) is 0 Å². The lowest BCUT2D eigenvalue weighted by atomic mass is 9.98. The minimum atomic E-state index is -0.00148. The fourth-order valence-corrected chi connectivity index (χ4v) is 3.41. The molecule has 0 N–H and O–H groups in total. The topological polar surface area (TPSA) is 48.0 Å². The number of fused-ring (bicyclic) bond motifs is 1. The highest BCUT2D eigenvalue weighted by Crippen LogP contribution is 2.34. The molecule has 2 aromatic carbocycles. The first-order chi connectivity index (χ1) is 13.5. The van der Waals surface area contributed by atoms with Crippen LogP contribution in [0.1, 0.15) is 36.1 Å². The van der Waals surface area contributed by atoms with E-state index < -0.39 is 0 Å². The molecule has 0 radical (unpaired) electrons. The van der Waals surface area contributed by atoms with Crippen LogP contribution in [0.2, 0.25) is 0 Å². The Kier molecular flexibility index (Phi) is 6.45. The molecule has 5 nitrogen and oxygen atoms in total. The number of carbonyl (C=O) groups excluding carboxylic acids is 1. The highest BCUT2D eigenvalue weighted by Gasteiger charge is 2.23. The number of amides is 1. The van der Waals surface area contributed by atoms with Crippen molar-refractivity contribution in [3.05, 3.63) is 52.6 Å². The van der Waals surface area contributed by atoms with Gasteiger partial charge in [-0.3, -0.25) is 4.79 Å². The van der Waals surface area contributed by atoms with Gasteiger partial charge in [0.25, 0.3) is 5.91 Å². The van der Waals surface area contributed by atoms with Crippen LogP contribution < -0.4 is 14.2 Å². The van der Waals surface area contributed by atoms with Crippen molar-refractivity contribution in [1.29, 1.82) is 0 Å². The molecule has 2 aromatic rings. The first kappa shape index (κ1) is 20.1. The number of nitrogens with zero attached hydrogens (tertiary/aromatic N) is 1. The van der Waals surface area contributed by atoms with Crippen LogP contribution in [0, 0.1) is 13.8 Å². The van der Waals surface area contributed by atoms with Gasteiger partial charge in [-0.15, -0.1) is 0 Å². The Morgan fingerprint density at radius 2 is 1.61 bits per heavy atom. The van der Waals surface area contributed by atoms with Gasteiger partial charge in [0.1, 0.15) is 5.75 Å². The summed E-state index contributed by atoms with van der Waals surface area (Å²) in [6.07, 6.45) is 0.803. The molecule has 0 unspecified atom stereocenters. The van der Waals surface area contributed by atoms with Crippen molar-refractivity contribution in [3.63, 3.8) is 0 Å². The van der Waals surface area contributed by atoms with Gasteiger partial charge in [-0.2, -0.15) is 0 Å². The Balaban J connectivity index is 1.69. The van der Waals surface area contributed by atoms with E-state index in [9.17, 15) is 4.79 Å². The fourth-order valence-electron chi connectivity index (χ4n) is 3.41. The molecule has 0 aliphatic carbocycles. The lowest BCUT2D eigenvalue weighted by Crippen LogP contribution is -2.38. The molecule has 1 amide bonds. The molecule has 0 fully saturated rings. The summed E-state index contributed by atoms with van der Waals surface area (Å²) in [7, 11) is 0. The third-order valence-electron chi connectivity index (χ3n) is 4.93. The van der Waals surface area contributed by atoms with Gasteiger partial charge in [-0.05, 0) is 74.6 Å². The summed E-state index contributed by atoms with van der Waals surface area (Å²) in [4.78, 5) is 14.6. The minimum Gasteiger partial charge on any atom is -0.490 e. The van der Waals surface area contributed by atoms with Gasteiger partial charge >= 0.3 is 0 Å². The lowest BCUT2D eigenvalue weighted by Gasteiger charge is -2.30. The number of benzene rings is 2. The van der Waals surface area contributed by atoms with Gasteiger partial charge in [0.15, 0.2) is 18.1 Å². The molecule has 0 atom stereocenters. The van der Waals surface area contributed by atoms with Crippen molar-refractivity contribution in [3.8, 4) is 17.2 Å². The predicted octanol–water partition coefficient (Wildman–Crippen LogP) is 4.06. The molecule has 5 heteroatoms. The average Bonchev–Trinajstić information content (AvgIpc) is 2.69. The molecule has 0 aromatic heterocycles. The Morgan fingerprint density at radius 3 is 2.29 bits per heavy atom. The maximum Gasteiger partial charge on any atom is 0.260 e. The Bertz CT molecular complexity index is 847. The van der Waals surface area contributed by atoms with Crippen molar-refractivity contribution in [2.75, 3.05) is 26.4 Å². The summed E-state index contributed by atoms with van der Waals surface area (Å²) < 4.78 is 17.2. The first-order valence-corrected chi connectivity index (χ1v) is 9.91. The number of rotatable bonds is 7. The van der Waals surface area contributed by atoms with Crippen LogP contribution in [0.25, 0.3) is 0 Å². The maximum atomic E-state index is 12.7. The van der Waals surface area contributed by atoms with Gasteiger partial charge < -0.3 is 19.1 Å². The number of aryl methyl sites for hydroxylation is 2. The van der Waals surface area contributed by atoms with Crippen molar-refractivity contribution in [1.82, 2.24) is 4.90 Å². The van der Waals surface area contributed by atoms with Crippen molar-refractivity contribution >= 4 is 5.91 Å². The Labute approximate surface area is 167 Å². The molecule has 1 heterocycles. The maximum absolute atomic E-state index is 12.7. The number of hydrogen-bond donors (Lipinski definition) is 0. The van der Waals surface area contributed by atoms with E-state index in [1.807, 2.05) is 56.9 Å². The summed E-state index contributed by atoms with van der Waals surface area (Å²) in [5.74, 6) is 2.29. The molecule has 28 heavy (non-hydrogen) atoms. The van der Waals surface area contributed by atoms with Crippen molar-refractivity contribution < 1.29 is 19.0 Å². The number of hydrogen-bond acceptors (Lipinski definition) is 4. The summed E-state index contributed by atoms with van der Waals surface area (Å²) in [5.41, 5.74) is 4.48. The SMILES string of the molecule is CCOc1cc2c(cc1OCC)CN(C(=O)COc1cc(C)ccc1C)CC2. The smallest absolute Gasteiger partial charge is 0.260 e. The number of ether oxygens (including phenoxy) is 3. The first-order valence-electron chi connectivity index (χ1n) is 9.91. The quantitative estimate of drug-likeness (QED) is 0.723. The summed E-state index contributed by atoms with van der Waals surface area (Å²) in [6.45, 7) is 10.4. The molecule has 1 aliphatic rings. The largest absolute Gasteiger partial charge is 0.490 e. The third kappa shape index (κ3) is 4.58. The summed E-state index contributed by atoms with van der Waals surface area (Å²) in [6, 6.07) is 10.1. The van der Waals surface area contributed by atoms with Crippen LogP contribution in [0.3, 0.4) is 0 Å². The number of carbonyl (C=O) groups is 1. The van der Waals surface area contributed by atoms with Crippen molar-refractivity contribution in [2.45, 2.75) is 40.7 Å². The summed E-state index contributed by atoms with van der Waals surface area (Å²) >= 11 is 0. The van der Waals surface area contributed by atoms with E-state index in [0.29, 0.717) is 26.3 Å². The van der Waals surface area contributed by atoms with Gasteiger partial charge in [-0.1, -0.05) is 12.1 Å². The molecule has 150 valence electrons. The molecule has 1 aliphatic heterocycles. The second-order valence-electron chi connectivity index (χ2n) is 7.06. The zero-order valence-electron chi connectivity index (χ0n) is 17.2. The van der Waals surface area contributed by atoms with E-state index in [4.69, 9.17) is 14.2 Å². The zero-order valence-corrected chi connectivity index (χ0v) is 17.2. The van der Waals surface area contributed by atoms with E-state index in [1.165, 1.54) is 5.56 Å². The minimum absolute atomic E-state index is 0.00148. The van der Waals surface area contributed by atoms with Gasteiger partial charge in [0, 0.05) is 13.1 Å². The van der Waals surface area contributed by atoms with E-state index in [0.717, 1.165) is 40.4 Å². The average molecular weight is 383 g/mol. The van der Waals surface area contributed by atoms with Crippen LogP contribution in [0.15, 0.2) is 30.3 Å². The highest BCUT2D eigenvalue weighted by molar-refractivity contribution is 5.78. The molecular weight excluding hydrogens is 354 g/mol. The molecule has 0 bridgehead atoms. The molecule has 0 spiro atoms. The third-order valence-corrected chi connectivity index (χ3v) is 4.93. The second kappa shape index (κ2) is 9.00.